The van der Waals surface area contributed by atoms with E-state index in [2.05, 4.69) is 15.4 Å². The number of aromatic amines is 1. The molecule has 0 aromatic carbocycles. The number of rotatable bonds is 0. The van der Waals surface area contributed by atoms with Gasteiger partial charge in [0, 0.05) is 0 Å². The summed E-state index contributed by atoms with van der Waals surface area (Å²) in [6.45, 7) is 0. The third-order valence-electron chi connectivity index (χ3n) is 0.417. The summed E-state index contributed by atoms with van der Waals surface area (Å²) in [4.78, 5) is 0. The molecule has 0 fully saturated rings. The normalized spacial score (nSPS) is 6.00. The van der Waals surface area contributed by atoms with E-state index >= 15 is 0 Å². The predicted octanol–water partition coefficient (Wildman–Crippen LogP) is -10.0. The molecule has 50 valence electrons. The first kappa shape index (κ1) is 16.5. The molecule has 1 heterocycles. The van der Waals surface area contributed by atoms with Crippen molar-refractivity contribution in [1.29, 1.82) is 0 Å². The van der Waals surface area contributed by atoms with E-state index < -0.39 is 0 Å². The second-order valence-corrected chi connectivity index (χ2v) is 2.12. The van der Waals surface area contributed by atoms with Crippen molar-refractivity contribution in [3.8, 4) is 0 Å². The molecule has 1 N–H and O–H groups in total. The monoisotopic (exact) mass is 263 g/mol. The fraction of sp³-hybridized carbons (Fsp3) is 0. The molecule has 1 aromatic heterocycles. The van der Waals surface area contributed by atoms with Crippen molar-refractivity contribution in [2.45, 2.75) is 0 Å². The Bertz CT molecular complexity index is 121. The van der Waals surface area contributed by atoms with Crippen LogP contribution >= 0.6 is 0 Å². The van der Waals surface area contributed by atoms with E-state index in [1.54, 1.807) is 6.20 Å². The standard InChI is InChI=1S/C2H2N3.3ClH.Zr/c1-2-4-5-3-1;;;;/h1H,(H,3,4,5);3*1H;/q;;;;+3/p-3. The zero-order valence-corrected chi connectivity index (χ0v) is 8.83. The minimum atomic E-state index is 0. The minimum absolute atomic E-state index is 0. The molecule has 0 saturated carbocycles. The molecule has 0 spiro atoms. The van der Waals surface area contributed by atoms with Gasteiger partial charge in [0.15, 0.2) is 0 Å². The van der Waals surface area contributed by atoms with Gasteiger partial charge in [0.1, 0.15) is 0 Å². The molecule has 7 heteroatoms. The Morgan fingerprint density at radius 2 is 1.89 bits per heavy atom. The Morgan fingerprint density at radius 1 is 1.33 bits per heavy atom. The predicted molar refractivity (Wildman–Crippen MR) is 16.0 cm³/mol. The molecular weight excluding hydrogens is 264 g/mol. The molecule has 0 unspecified atom stereocenters. The number of H-pyrrole nitrogens is 1. The van der Waals surface area contributed by atoms with Gasteiger partial charge in [-0.05, 0) is 0 Å². The fourth-order valence-electron chi connectivity index (χ4n) is 0.202. The van der Waals surface area contributed by atoms with Crippen LogP contribution in [-0.2, 0) is 24.7 Å². The summed E-state index contributed by atoms with van der Waals surface area (Å²) in [5.41, 5.74) is 0. The van der Waals surface area contributed by atoms with Crippen LogP contribution in [0.15, 0.2) is 6.20 Å². The van der Waals surface area contributed by atoms with Crippen molar-refractivity contribution < 1.29 is 61.9 Å². The molecule has 1 aromatic rings. The molecule has 0 saturated heterocycles. The van der Waals surface area contributed by atoms with Gasteiger partial charge in [-0.25, -0.2) is 0 Å². The zero-order valence-electron chi connectivity index (χ0n) is 4.11. The summed E-state index contributed by atoms with van der Waals surface area (Å²) in [6, 6.07) is 0. The fourth-order valence-corrected chi connectivity index (χ4v) is 0.483. The molecular formula is C2H2Cl3N3Zr. The molecule has 0 bridgehead atoms. The van der Waals surface area contributed by atoms with Crippen LogP contribution in [0.5, 0.6) is 0 Å². The van der Waals surface area contributed by atoms with Gasteiger partial charge in [0.25, 0.3) is 0 Å². The summed E-state index contributed by atoms with van der Waals surface area (Å²) in [5.74, 6) is 0. The van der Waals surface area contributed by atoms with E-state index in [9.17, 15) is 0 Å². The van der Waals surface area contributed by atoms with Gasteiger partial charge in [0.05, 0.1) is 0 Å². The SMILES string of the molecule is [Cl-].[Cl-].[Cl-].[Zr+3][c]1c[nH]nn1. The number of nitrogens with one attached hydrogen (secondary N) is 1. The third kappa shape index (κ3) is 6.78. The van der Waals surface area contributed by atoms with Crippen LogP contribution in [0, 0.1) is 0 Å². The van der Waals surface area contributed by atoms with Gasteiger partial charge in [-0.2, -0.15) is 0 Å². The summed E-state index contributed by atoms with van der Waals surface area (Å²) in [6.07, 6.45) is 1.78. The van der Waals surface area contributed by atoms with Crippen molar-refractivity contribution in [2.24, 2.45) is 0 Å². The second kappa shape index (κ2) is 8.89. The Labute approximate surface area is 86.4 Å². The van der Waals surface area contributed by atoms with Crippen LogP contribution in [0.2, 0.25) is 0 Å². The molecule has 0 atom stereocenters. The first-order valence-electron chi connectivity index (χ1n) is 1.47. The number of hydrogen-bond acceptors (Lipinski definition) is 2. The second-order valence-electron chi connectivity index (χ2n) is 0.859. The Kier molecular flexibility index (Phi) is 16.3. The maximum absolute atomic E-state index is 3.65. The molecule has 1 rings (SSSR count). The van der Waals surface area contributed by atoms with Gasteiger partial charge in [-0.3, -0.25) is 0 Å². The summed E-state index contributed by atoms with van der Waals surface area (Å²) < 4.78 is 1.02. The summed E-state index contributed by atoms with van der Waals surface area (Å²) >= 11 is 1.30. The van der Waals surface area contributed by atoms with Gasteiger partial charge < -0.3 is 37.2 Å². The Hall–Kier alpha value is 0.893. The summed E-state index contributed by atoms with van der Waals surface area (Å²) in [7, 11) is 0. The Morgan fingerprint density at radius 3 is 2.00 bits per heavy atom. The average molecular weight is 266 g/mol. The van der Waals surface area contributed by atoms with Crippen LogP contribution in [0.4, 0.5) is 0 Å². The van der Waals surface area contributed by atoms with E-state index in [1.807, 2.05) is 0 Å². The third-order valence-corrected chi connectivity index (χ3v) is 1.02. The molecule has 0 radical (unpaired) electrons. The molecule has 0 aliphatic rings. The first-order chi connectivity index (χ1) is 2.89. The van der Waals surface area contributed by atoms with Crippen LogP contribution in [0.1, 0.15) is 0 Å². The van der Waals surface area contributed by atoms with Crippen molar-refractivity contribution >= 4 is 3.40 Å². The molecule has 0 amide bonds. The quantitative estimate of drug-likeness (QED) is 0.506. The topological polar surface area (TPSA) is 41.6 Å². The van der Waals surface area contributed by atoms with Gasteiger partial charge >= 0.3 is 49.7 Å². The first-order valence-corrected chi connectivity index (χ1v) is 2.70. The van der Waals surface area contributed by atoms with E-state index in [-0.39, 0.29) is 37.2 Å². The van der Waals surface area contributed by atoms with Crippen molar-refractivity contribution in [1.82, 2.24) is 15.4 Å². The van der Waals surface area contributed by atoms with Gasteiger partial charge in [-0.15, -0.1) is 0 Å². The number of aromatic nitrogens is 3. The van der Waals surface area contributed by atoms with Gasteiger partial charge in [0.2, 0.25) is 0 Å². The molecule has 0 aliphatic carbocycles. The zero-order chi connectivity index (χ0) is 4.41. The number of hydrogen-bond donors (Lipinski definition) is 1. The van der Waals surface area contributed by atoms with E-state index in [1.165, 1.54) is 24.7 Å². The van der Waals surface area contributed by atoms with Crippen LogP contribution in [-0.4, -0.2) is 15.4 Å². The summed E-state index contributed by atoms with van der Waals surface area (Å²) in [5, 5.41) is 9.71. The van der Waals surface area contributed by atoms with Crippen molar-refractivity contribution in [3.05, 3.63) is 6.20 Å². The molecule has 3 nitrogen and oxygen atoms in total. The average Bonchev–Trinajstić information content (AvgIpc) is 1.86. The molecule has 9 heavy (non-hydrogen) atoms. The van der Waals surface area contributed by atoms with Gasteiger partial charge in [-0.1, -0.05) is 0 Å². The van der Waals surface area contributed by atoms with Crippen molar-refractivity contribution in [2.75, 3.05) is 0 Å². The number of nitrogens with zero attached hydrogens (tertiary/aromatic N) is 2. The van der Waals surface area contributed by atoms with E-state index in [4.69, 9.17) is 0 Å². The van der Waals surface area contributed by atoms with E-state index in [0.29, 0.717) is 0 Å². The van der Waals surface area contributed by atoms with Crippen LogP contribution in [0.25, 0.3) is 0 Å². The van der Waals surface area contributed by atoms with Crippen LogP contribution in [0.3, 0.4) is 0 Å². The molecule has 0 aliphatic heterocycles. The van der Waals surface area contributed by atoms with Crippen molar-refractivity contribution in [3.63, 3.8) is 0 Å². The van der Waals surface area contributed by atoms with E-state index in [0.717, 1.165) is 3.40 Å². The number of halogens is 3. The van der Waals surface area contributed by atoms with Crippen LogP contribution < -0.4 is 40.6 Å². The maximum atomic E-state index is 3.65. The Balaban J connectivity index is -0.000000120.